The van der Waals surface area contributed by atoms with Crippen LogP contribution in [0.5, 0.6) is 0 Å². The summed E-state index contributed by atoms with van der Waals surface area (Å²) >= 11 is 0. The van der Waals surface area contributed by atoms with Crippen molar-refractivity contribution in [3.63, 3.8) is 0 Å². The zero-order valence-electron chi connectivity index (χ0n) is 9.21. The van der Waals surface area contributed by atoms with E-state index in [2.05, 4.69) is 14.8 Å². The summed E-state index contributed by atoms with van der Waals surface area (Å²) in [6, 6.07) is -2.08. The maximum atomic E-state index is 12.6. The van der Waals surface area contributed by atoms with E-state index in [9.17, 15) is 22.8 Å². The maximum Gasteiger partial charge on any atom is 0.404 e. The number of rotatable bonds is 2. The molecule has 0 aromatic carbocycles. The lowest BCUT2D eigenvalue weighted by Crippen LogP contribution is -2.45. The smallest absolute Gasteiger partial charge is 0.404 e. The van der Waals surface area contributed by atoms with Crippen molar-refractivity contribution in [1.29, 1.82) is 0 Å². The van der Waals surface area contributed by atoms with E-state index in [1.165, 1.54) is 0 Å². The lowest BCUT2D eigenvalue weighted by Gasteiger charge is -2.22. The van der Waals surface area contributed by atoms with Gasteiger partial charge in [0.15, 0.2) is 0 Å². The van der Waals surface area contributed by atoms with Gasteiger partial charge in [-0.05, 0) is 0 Å². The van der Waals surface area contributed by atoms with Gasteiger partial charge in [-0.3, -0.25) is 9.59 Å². The average Bonchev–Trinajstić information content (AvgIpc) is 2.70. The Morgan fingerprint density at radius 3 is 2.12 bits per heavy atom. The van der Waals surface area contributed by atoms with E-state index in [1.807, 2.05) is 0 Å². The first-order chi connectivity index (χ1) is 7.82. The number of ether oxygens (including phenoxy) is 2. The second-order valence-electron chi connectivity index (χ2n) is 3.61. The summed E-state index contributed by atoms with van der Waals surface area (Å²) in [5, 5.41) is 2.10. The van der Waals surface area contributed by atoms with Gasteiger partial charge in [-0.2, -0.15) is 13.2 Å². The molecule has 0 spiro atoms. The largest absolute Gasteiger partial charge is 0.469 e. The van der Waals surface area contributed by atoms with Crippen LogP contribution in [0.4, 0.5) is 13.2 Å². The molecule has 5 nitrogen and oxygen atoms in total. The Balaban J connectivity index is 2.97. The molecule has 1 saturated heterocycles. The third-order valence-electron chi connectivity index (χ3n) is 2.68. The molecule has 0 aromatic heterocycles. The summed E-state index contributed by atoms with van der Waals surface area (Å²) < 4.78 is 46.5. The molecule has 0 aliphatic carbocycles. The van der Waals surface area contributed by atoms with E-state index in [4.69, 9.17) is 0 Å². The summed E-state index contributed by atoms with van der Waals surface area (Å²) in [4.78, 5) is 22.6. The lowest BCUT2D eigenvalue weighted by molar-refractivity contribution is -0.179. The second kappa shape index (κ2) is 4.91. The molecule has 17 heavy (non-hydrogen) atoms. The van der Waals surface area contributed by atoms with Crippen LogP contribution in [0, 0.1) is 11.8 Å². The highest BCUT2D eigenvalue weighted by molar-refractivity contribution is 5.83. The zero-order chi connectivity index (χ0) is 13.2. The molecular weight excluding hydrogens is 243 g/mol. The molecule has 0 unspecified atom stereocenters. The van der Waals surface area contributed by atoms with Crippen molar-refractivity contribution in [2.45, 2.75) is 12.2 Å². The van der Waals surface area contributed by atoms with Gasteiger partial charge in [-0.1, -0.05) is 0 Å². The first-order valence-electron chi connectivity index (χ1n) is 4.78. The number of hydrogen-bond donors (Lipinski definition) is 1. The highest BCUT2D eigenvalue weighted by Crippen LogP contribution is 2.35. The predicted octanol–water partition coefficient (Wildman–Crippen LogP) is 0.0989. The fourth-order valence-corrected chi connectivity index (χ4v) is 1.88. The van der Waals surface area contributed by atoms with Crippen LogP contribution in [0.15, 0.2) is 0 Å². The zero-order valence-corrected chi connectivity index (χ0v) is 9.21. The van der Waals surface area contributed by atoms with E-state index < -0.39 is 36.0 Å². The monoisotopic (exact) mass is 255 g/mol. The van der Waals surface area contributed by atoms with Gasteiger partial charge in [-0.25, -0.2) is 0 Å². The van der Waals surface area contributed by atoms with E-state index in [0.29, 0.717) is 0 Å². The van der Waals surface area contributed by atoms with Crippen molar-refractivity contribution in [1.82, 2.24) is 5.32 Å². The molecule has 0 radical (unpaired) electrons. The molecular formula is C9H12F3NO4. The fourth-order valence-electron chi connectivity index (χ4n) is 1.88. The molecule has 0 bridgehead atoms. The van der Waals surface area contributed by atoms with Crippen LogP contribution in [0.25, 0.3) is 0 Å². The van der Waals surface area contributed by atoms with Gasteiger partial charge in [0.05, 0.1) is 26.1 Å². The van der Waals surface area contributed by atoms with E-state index in [-0.39, 0.29) is 6.54 Å². The van der Waals surface area contributed by atoms with Crippen molar-refractivity contribution < 1.29 is 32.2 Å². The summed E-state index contributed by atoms with van der Waals surface area (Å²) in [7, 11) is 2.03. The molecule has 0 amide bonds. The number of hydrogen-bond acceptors (Lipinski definition) is 5. The SMILES string of the molecule is COC(=O)[C@H]1[C@H](C(=O)OC)CN[C@@H]1C(F)(F)F. The molecule has 8 heteroatoms. The van der Waals surface area contributed by atoms with Crippen LogP contribution >= 0.6 is 0 Å². The van der Waals surface area contributed by atoms with Gasteiger partial charge in [0.1, 0.15) is 6.04 Å². The van der Waals surface area contributed by atoms with Crippen molar-refractivity contribution in [2.75, 3.05) is 20.8 Å². The molecule has 1 fully saturated rings. The first kappa shape index (κ1) is 13.8. The van der Waals surface area contributed by atoms with Gasteiger partial charge < -0.3 is 14.8 Å². The van der Waals surface area contributed by atoms with Crippen LogP contribution in [0.2, 0.25) is 0 Å². The number of alkyl halides is 3. The minimum atomic E-state index is -4.62. The molecule has 0 aromatic rings. The first-order valence-corrected chi connectivity index (χ1v) is 4.78. The normalized spacial score (nSPS) is 28.9. The number of methoxy groups -OCH3 is 2. The Morgan fingerprint density at radius 2 is 1.71 bits per heavy atom. The minimum absolute atomic E-state index is 0.267. The van der Waals surface area contributed by atoms with Gasteiger partial charge in [-0.15, -0.1) is 0 Å². The number of halogens is 3. The number of nitrogens with one attached hydrogen (secondary N) is 1. The van der Waals surface area contributed by atoms with Crippen molar-refractivity contribution in [3.8, 4) is 0 Å². The van der Waals surface area contributed by atoms with Gasteiger partial charge in [0.25, 0.3) is 0 Å². The van der Waals surface area contributed by atoms with Crippen LogP contribution < -0.4 is 5.32 Å². The molecule has 1 aliphatic rings. The number of carbonyl (C=O) groups is 2. The summed E-state index contributed by atoms with van der Waals surface area (Å²) in [5.41, 5.74) is 0. The summed E-state index contributed by atoms with van der Waals surface area (Å²) in [5.74, 6) is -4.72. The standard InChI is InChI=1S/C9H12F3NO4/c1-16-7(14)4-3-13-6(9(10,11)12)5(4)8(15)17-2/h4-6,13H,3H2,1-2H3/t4-,5+,6+/m1/s1. The van der Waals surface area contributed by atoms with Crippen LogP contribution in [0.1, 0.15) is 0 Å². The maximum absolute atomic E-state index is 12.6. The Kier molecular flexibility index (Phi) is 3.97. The Hall–Kier alpha value is -1.31. The third-order valence-corrected chi connectivity index (χ3v) is 2.68. The van der Waals surface area contributed by atoms with E-state index >= 15 is 0 Å². The second-order valence-corrected chi connectivity index (χ2v) is 3.61. The van der Waals surface area contributed by atoms with Gasteiger partial charge in [0, 0.05) is 6.54 Å². The predicted molar refractivity (Wildman–Crippen MR) is 48.9 cm³/mol. The highest BCUT2D eigenvalue weighted by Gasteiger charge is 2.56. The number of esters is 2. The quantitative estimate of drug-likeness (QED) is 0.709. The topological polar surface area (TPSA) is 64.6 Å². The molecule has 1 rings (SSSR count). The van der Waals surface area contributed by atoms with Gasteiger partial charge in [0.2, 0.25) is 0 Å². The molecule has 1 aliphatic heterocycles. The van der Waals surface area contributed by atoms with Crippen molar-refractivity contribution >= 4 is 11.9 Å². The fraction of sp³-hybridized carbons (Fsp3) is 0.778. The van der Waals surface area contributed by atoms with Crippen molar-refractivity contribution in [3.05, 3.63) is 0 Å². The summed E-state index contributed by atoms with van der Waals surface area (Å²) in [6.07, 6.45) is -4.62. The van der Waals surface area contributed by atoms with Crippen molar-refractivity contribution in [2.24, 2.45) is 11.8 Å². The average molecular weight is 255 g/mol. The minimum Gasteiger partial charge on any atom is -0.469 e. The summed E-state index contributed by atoms with van der Waals surface area (Å²) in [6.45, 7) is -0.267. The van der Waals surface area contributed by atoms with Crippen LogP contribution in [-0.2, 0) is 19.1 Å². The Labute approximate surface area is 95.2 Å². The molecule has 1 heterocycles. The van der Waals surface area contributed by atoms with E-state index in [0.717, 1.165) is 14.2 Å². The molecule has 3 atom stereocenters. The van der Waals surface area contributed by atoms with Crippen LogP contribution in [0.3, 0.4) is 0 Å². The lowest BCUT2D eigenvalue weighted by atomic mass is 9.90. The molecule has 1 N–H and O–H groups in total. The highest BCUT2D eigenvalue weighted by atomic mass is 19.4. The Bertz CT molecular complexity index is 318. The number of carbonyl (C=O) groups excluding carboxylic acids is 2. The molecule has 98 valence electrons. The van der Waals surface area contributed by atoms with Gasteiger partial charge >= 0.3 is 18.1 Å². The van der Waals surface area contributed by atoms with Crippen LogP contribution in [-0.4, -0.2) is 44.9 Å². The third kappa shape index (κ3) is 2.68. The Morgan fingerprint density at radius 1 is 1.18 bits per heavy atom. The molecule has 0 saturated carbocycles. The van der Waals surface area contributed by atoms with E-state index in [1.54, 1.807) is 0 Å².